The van der Waals surface area contributed by atoms with E-state index in [1.807, 2.05) is 13.8 Å². The highest BCUT2D eigenvalue weighted by atomic mass is 32.2. The van der Waals surface area contributed by atoms with Crippen molar-refractivity contribution >= 4 is 27.3 Å². The van der Waals surface area contributed by atoms with Gasteiger partial charge in [-0.3, -0.25) is 4.79 Å². The Morgan fingerprint density at radius 3 is 2.44 bits per heavy atom. The highest BCUT2D eigenvalue weighted by Crippen LogP contribution is 2.24. The Bertz CT molecular complexity index is 484. The summed E-state index contributed by atoms with van der Waals surface area (Å²) in [5.41, 5.74) is 0.883. The number of aliphatic carboxylic acids is 1. The number of rotatable bonds is 4. The van der Waals surface area contributed by atoms with Crippen molar-refractivity contribution in [2.24, 2.45) is 0 Å². The third-order valence-electron chi connectivity index (χ3n) is 2.11. The molecule has 5 nitrogen and oxygen atoms in total. The summed E-state index contributed by atoms with van der Waals surface area (Å²) in [5, 5.41) is 8.63. The van der Waals surface area contributed by atoms with Gasteiger partial charge >= 0.3 is 5.97 Å². The van der Waals surface area contributed by atoms with E-state index in [0.29, 0.717) is 0 Å². The van der Waals surface area contributed by atoms with Gasteiger partial charge in [0.15, 0.2) is 0 Å². The number of sulfonamides is 1. The second kappa shape index (κ2) is 4.52. The van der Waals surface area contributed by atoms with Gasteiger partial charge < -0.3 is 5.11 Å². The number of hydrogen-bond acceptors (Lipinski definition) is 4. The van der Waals surface area contributed by atoms with Crippen LogP contribution >= 0.6 is 11.3 Å². The van der Waals surface area contributed by atoms with Crippen LogP contribution < -0.4 is 4.72 Å². The van der Waals surface area contributed by atoms with E-state index in [0.717, 1.165) is 21.8 Å². The molecule has 0 spiro atoms. The Labute approximate surface area is 98.2 Å². The lowest BCUT2D eigenvalue weighted by Gasteiger charge is -2.08. The molecule has 0 aliphatic heterocycles. The molecule has 2 N–H and O–H groups in total. The van der Waals surface area contributed by atoms with Gasteiger partial charge in [-0.2, -0.15) is 4.72 Å². The number of carboxylic acid groups (broad SMARTS) is 1. The van der Waals surface area contributed by atoms with E-state index >= 15 is 0 Å². The molecular weight excluding hydrogens is 250 g/mol. The summed E-state index contributed by atoms with van der Waals surface area (Å²) in [6, 6.07) is 0.407. The predicted molar refractivity (Wildman–Crippen MR) is 61.2 cm³/mol. The van der Waals surface area contributed by atoms with Gasteiger partial charge in [0, 0.05) is 4.88 Å². The van der Waals surface area contributed by atoms with Crippen LogP contribution in [0.4, 0.5) is 0 Å². The predicted octanol–water partition coefficient (Wildman–Crippen LogP) is 1.12. The molecule has 1 aromatic heterocycles. The van der Waals surface area contributed by atoms with Gasteiger partial charge in [0.25, 0.3) is 10.0 Å². The maximum Gasteiger partial charge on any atom is 0.321 e. The molecule has 0 amide bonds. The first-order valence-corrected chi connectivity index (χ1v) is 6.86. The van der Waals surface area contributed by atoms with Crippen LogP contribution in [-0.4, -0.2) is 25.5 Å². The fourth-order valence-corrected chi connectivity index (χ4v) is 3.74. The van der Waals surface area contributed by atoms with Crippen LogP contribution in [0, 0.1) is 13.8 Å². The standard InChI is InChI=1S/C9H13NO4S2/c1-5-4-8(15-7(5)3)16(13,14)10-6(2)9(11)12/h4,6,10H,1-3H3,(H,11,12)/t6-/m0/s1. The summed E-state index contributed by atoms with van der Waals surface area (Å²) in [5.74, 6) is -1.20. The van der Waals surface area contributed by atoms with Crippen LogP contribution in [0.3, 0.4) is 0 Å². The zero-order valence-corrected chi connectivity index (χ0v) is 10.8. The Morgan fingerprint density at radius 2 is 2.06 bits per heavy atom. The summed E-state index contributed by atoms with van der Waals surface area (Å²) in [7, 11) is -3.72. The highest BCUT2D eigenvalue weighted by molar-refractivity contribution is 7.91. The van der Waals surface area contributed by atoms with Crippen molar-refractivity contribution in [2.45, 2.75) is 31.0 Å². The van der Waals surface area contributed by atoms with Crippen LogP contribution in [0.25, 0.3) is 0 Å². The van der Waals surface area contributed by atoms with E-state index in [2.05, 4.69) is 4.72 Å². The number of aryl methyl sites for hydroxylation is 2. The average molecular weight is 263 g/mol. The molecule has 0 radical (unpaired) electrons. The van der Waals surface area contributed by atoms with Gasteiger partial charge in [-0.15, -0.1) is 11.3 Å². The second-order valence-electron chi connectivity index (χ2n) is 3.49. The van der Waals surface area contributed by atoms with Crippen LogP contribution in [-0.2, 0) is 14.8 Å². The first-order valence-electron chi connectivity index (χ1n) is 4.56. The zero-order chi connectivity index (χ0) is 12.5. The van der Waals surface area contributed by atoms with E-state index < -0.39 is 22.0 Å². The number of hydrogen-bond donors (Lipinski definition) is 2. The van der Waals surface area contributed by atoms with Gasteiger partial charge in [-0.1, -0.05) is 0 Å². The molecule has 0 saturated carbocycles. The third-order valence-corrected chi connectivity index (χ3v) is 5.28. The van der Waals surface area contributed by atoms with Crippen molar-refractivity contribution in [3.63, 3.8) is 0 Å². The zero-order valence-electron chi connectivity index (χ0n) is 9.14. The van der Waals surface area contributed by atoms with Gasteiger partial charge in [0.05, 0.1) is 0 Å². The highest BCUT2D eigenvalue weighted by Gasteiger charge is 2.23. The maximum absolute atomic E-state index is 11.7. The Hall–Kier alpha value is -0.920. The summed E-state index contributed by atoms with van der Waals surface area (Å²) in [6.07, 6.45) is 0. The van der Waals surface area contributed by atoms with E-state index in [1.54, 1.807) is 0 Å². The summed E-state index contributed by atoms with van der Waals surface area (Å²) >= 11 is 1.13. The molecule has 0 fully saturated rings. The van der Waals surface area contributed by atoms with Crippen molar-refractivity contribution in [2.75, 3.05) is 0 Å². The smallest absolute Gasteiger partial charge is 0.321 e. The lowest BCUT2D eigenvalue weighted by Crippen LogP contribution is -2.37. The van der Waals surface area contributed by atoms with Gasteiger partial charge in [-0.05, 0) is 32.4 Å². The molecule has 1 heterocycles. The molecule has 1 atom stereocenters. The van der Waals surface area contributed by atoms with Crippen LogP contribution in [0.2, 0.25) is 0 Å². The molecule has 1 rings (SSSR count). The van der Waals surface area contributed by atoms with E-state index in [4.69, 9.17) is 5.11 Å². The Balaban J connectivity index is 2.99. The summed E-state index contributed by atoms with van der Waals surface area (Å²) < 4.78 is 25.7. The first kappa shape index (κ1) is 13.1. The Morgan fingerprint density at radius 1 is 1.50 bits per heavy atom. The fourth-order valence-electron chi connectivity index (χ4n) is 1.01. The molecule has 0 bridgehead atoms. The minimum Gasteiger partial charge on any atom is -0.480 e. The van der Waals surface area contributed by atoms with Crippen LogP contribution in [0.5, 0.6) is 0 Å². The van der Waals surface area contributed by atoms with Gasteiger partial charge in [0.2, 0.25) is 0 Å². The maximum atomic E-state index is 11.7. The van der Waals surface area contributed by atoms with E-state index in [9.17, 15) is 13.2 Å². The van der Waals surface area contributed by atoms with Crippen molar-refractivity contribution < 1.29 is 18.3 Å². The van der Waals surface area contributed by atoms with Gasteiger partial charge in [0.1, 0.15) is 10.3 Å². The topological polar surface area (TPSA) is 83.5 Å². The van der Waals surface area contributed by atoms with Crippen molar-refractivity contribution in [3.05, 3.63) is 16.5 Å². The van der Waals surface area contributed by atoms with Crippen molar-refractivity contribution in [3.8, 4) is 0 Å². The van der Waals surface area contributed by atoms with Gasteiger partial charge in [-0.25, -0.2) is 8.42 Å². The molecular formula is C9H13NO4S2. The van der Waals surface area contributed by atoms with E-state index in [-0.39, 0.29) is 4.21 Å². The molecule has 1 aromatic rings. The molecule has 0 unspecified atom stereocenters. The first-order chi connectivity index (χ1) is 7.24. The molecule has 0 saturated heterocycles. The molecule has 16 heavy (non-hydrogen) atoms. The molecule has 0 aliphatic carbocycles. The number of nitrogens with one attached hydrogen (secondary N) is 1. The number of carboxylic acids is 1. The fraction of sp³-hybridized carbons (Fsp3) is 0.444. The van der Waals surface area contributed by atoms with Crippen LogP contribution in [0.1, 0.15) is 17.4 Å². The SMILES string of the molecule is Cc1cc(S(=O)(=O)N[C@@H](C)C(=O)O)sc1C. The molecule has 0 aliphatic rings. The average Bonchev–Trinajstić information content (AvgIpc) is 2.47. The van der Waals surface area contributed by atoms with Crippen LogP contribution in [0.15, 0.2) is 10.3 Å². The second-order valence-corrected chi connectivity index (χ2v) is 6.68. The largest absolute Gasteiger partial charge is 0.480 e. The minimum atomic E-state index is -3.72. The van der Waals surface area contributed by atoms with Crippen molar-refractivity contribution in [1.82, 2.24) is 4.72 Å². The normalized spacial score (nSPS) is 13.7. The van der Waals surface area contributed by atoms with Crippen molar-refractivity contribution in [1.29, 1.82) is 0 Å². The monoisotopic (exact) mass is 263 g/mol. The quantitative estimate of drug-likeness (QED) is 0.852. The molecule has 0 aromatic carbocycles. The third kappa shape index (κ3) is 2.81. The number of carbonyl (C=O) groups is 1. The van der Waals surface area contributed by atoms with E-state index in [1.165, 1.54) is 13.0 Å². The minimum absolute atomic E-state index is 0.149. The molecule has 7 heteroatoms. The summed E-state index contributed by atoms with van der Waals surface area (Å²) in [6.45, 7) is 4.92. The number of thiophene rings is 1. The lowest BCUT2D eigenvalue weighted by molar-refractivity contribution is -0.138. The Kier molecular flexibility index (Phi) is 3.72. The summed E-state index contributed by atoms with van der Waals surface area (Å²) in [4.78, 5) is 11.5. The lowest BCUT2D eigenvalue weighted by atomic mass is 10.3. The molecule has 90 valence electrons.